The molecule has 0 fully saturated rings. The lowest BCUT2D eigenvalue weighted by atomic mass is 10.0. The van der Waals surface area contributed by atoms with Crippen LogP contribution in [0.3, 0.4) is 0 Å². The van der Waals surface area contributed by atoms with Gasteiger partial charge in [0.25, 0.3) is 0 Å². The van der Waals surface area contributed by atoms with Crippen LogP contribution in [0.25, 0.3) is 0 Å². The Bertz CT molecular complexity index is 446. The normalized spacial score (nSPS) is 10.9. The molecule has 1 rings (SSSR count). The number of carbonyl (C=O) groups is 1. The van der Waals surface area contributed by atoms with Gasteiger partial charge in [-0.05, 0) is 30.7 Å². The SMILES string of the molecule is CSc1cccc(NCCCCCCC(C)C)c1C(=O)O. The molecule has 0 atom stereocenters. The van der Waals surface area contributed by atoms with Crippen LogP contribution in [0.2, 0.25) is 0 Å². The number of carboxylic acids is 1. The molecule has 3 nitrogen and oxygen atoms in total. The van der Waals surface area contributed by atoms with Crippen molar-refractivity contribution in [2.45, 2.75) is 50.8 Å². The largest absolute Gasteiger partial charge is 0.478 e. The second-order valence-corrected chi connectivity index (χ2v) is 6.56. The minimum Gasteiger partial charge on any atom is -0.478 e. The third-order valence-electron chi connectivity index (χ3n) is 3.48. The first kappa shape index (κ1) is 17.9. The van der Waals surface area contributed by atoms with E-state index in [1.165, 1.54) is 37.4 Å². The Hall–Kier alpha value is -1.16. The van der Waals surface area contributed by atoms with Crippen molar-refractivity contribution in [1.29, 1.82) is 0 Å². The van der Waals surface area contributed by atoms with E-state index >= 15 is 0 Å². The van der Waals surface area contributed by atoms with Crippen molar-refractivity contribution in [1.82, 2.24) is 0 Å². The molecule has 0 aliphatic heterocycles. The van der Waals surface area contributed by atoms with E-state index in [0.29, 0.717) is 5.56 Å². The zero-order valence-corrected chi connectivity index (χ0v) is 14.1. The zero-order chi connectivity index (χ0) is 15.7. The van der Waals surface area contributed by atoms with Crippen LogP contribution in [0.5, 0.6) is 0 Å². The summed E-state index contributed by atoms with van der Waals surface area (Å²) in [6, 6.07) is 5.61. The minimum absolute atomic E-state index is 0.393. The standard InChI is InChI=1S/C17H27NO2S/c1-13(2)9-6-4-5-7-12-18-14-10-8-11-15(21-3)16(14)17(19)20/h8,10-11,13,18H,4-7,9,12H2,1-3H3,(H,19,20). The molecule has 0 aliphatic rings. The summed E-state index contributed by atoms with van der Waals surface area (Å²) in [6.45, 7) is 5.35. The first-order valence-corrected chi connectivity index (χ1v) is 8.93. The highest BCUT2D eigenvalue weighted by atomic mass is 32.2. The van der Waals surface area contributed by atoms with E-state index in [9.17, 15) is 9.90 Å². The maximum Gasteiger partial charge on any atom is 0.338 e. The lowest BCUT2D eigenvalue weighted by molar-refractivity contribution is 0.0694. The van der Waals surface area contributed by atoms with Gasteiger partial charge in [-0.2, -0.15) is 0 Å². The van der Waals surface area contributed by atoms with Gasteiger partial charge in [0.2, 0.25) is 0 Å². The Labute approximate surface area is 132 Å². The van der Waals surface area contributed by atoms with Crippen LogP contribution in [-0.4, -0.2) is 23.9 Å². The Morgan fingerprint density at radius 2 is 1.95 bits per heavy atom. The Morgan fingerprint density at radius 1 is 1.24 bits per heavy atom. The van der Waals surface area contributed by atoms with E-state index in [0.717, 1.165) is 29.5 Å². The van der Waals surface area contributed by atoms with Gasteiger partial charge in [0.15, 0.2) is 0 Å². The predicted molar refractivity (Wildman–Crippen MR) is 91.6 cm³/mol. The molecule has 0 saturated heterocycles. The van der Waals surface area contributed by atoms with Gasteiger partial charge in [-0.15, -0.1) is 11.8 Å². The van der Waals surface area contributed by atoms with Gasteiger partial charge in [0, 0.05) is 17.1 Å². The number of rotatable bonds is 10. The average Bonchev–Trinajstić information content (AvgIpc) is 2.45. The summed E-state index contributed by atoms with van der Waals surface area (Å²) in [5.41, 5.74) is 1.13. The number of hydrogen-bond donors (Lipinski definition) is 2. The molecule has 1 aromatic rings. The molecule has 2 N–H and O–H groups in total. The first-order chi connectivity index (χ1) is 10.1. The van der Waals surface area contributed by atoms with Gasteiger partial charge >= 0.3 is 5.97 Å². The number of aromatic carboxylic acids is 1. The summed E-state index contributed by atoms with van der Waals surface area (Å²) in [7, 11) is 0. The van der Waals surface area contributed by atoms with Crippen LogP contribution >= 0.6 is 11.8 Å². The predicted octanol–water partition coefficient (Wildman–Crippen LogP) is 5.13. The van der Waals surface area contributed by atoms with Crippen molar-refractivity contribution in [3.05, 3.63) is 23.8 Å². The smallest absolute Gasteiger partial charge is 0.338 e. The van der Waals surface area contributed by atoms with E-state index in [2.05, 4.69) is 19.2 Å². The van der Waals surface area contributed by atoms with Crippen LogP contribution in [0.4, 0.5) is 5.69 Å². The van der Waals surface area contributed by atoms with Gasteiger partial charge < -0.3 is 10.4 Å². The summed E-state index contributed by atoms with van der Waals surface area (Å²) in [4.78, 5) is 12.2. The van der Waals surface area contributed by atoms with Crippen molar-refractivity contribution >= 4 is 23.4 Å². The highest BCUT2D eigenvalue weighted by Gasteiger charge is 2.14. The van der Waals surface area contributed by atoms with Gasteiger partial charge in [-0.25, -0.2) is 4.79 Å². The van der Waals surface area contributed by atoms with E-state index in [4.69, 9.17) is 0 Å². The summed E-state index contributed by atoms with van der Waals surface area (Å²) in [5, 5.41) is 12.6. The van der Waals surface area contributed by atoms with E-state index < -0.39 is 5.97 Å². The molecule has 0 unspecified atom stereocenters. The molecule has 0 amide bonds. The molecule has 0 radical (unpaired) electrons. The molecule has 0 spiro atoms. The van der Waals surface area contributed by atoms with Crippen LogP contribution in [0.1, 0.15) is 56.3 Å². The van der Waals surface area contributed by atoms with Gasteiger partial charge in [0.05, 0.1) is 5.56 Å². The Morgan fingerprint density at radius 3 is 2.57 bits per heavy atom. The van der Waals surface area contributed by atoms with Gasteiger partial charge in [0.1, 0.15) is 0 Å². The fourth-order valence-electron chi connectivity index (χ4n) is 2.32. The zero-order valence-electron chi connectivity index (χ0n) is 13.3. The molecule has 0 aliphatic carbocycles. The maximum atomic E-state index is 11.4. The monoisotopic (exact) mass is 309 g/mol. The average molecular weight is 309 g/mol. The maximum absolute atomic E-state index is 11.4. The summed E-state index contributed by atoms with van der Waals surface area (Å²) in [6.07, 6.45) is 8.04. The molecule has 21 heavy (non-hydrogen) atoms. The number of anilines is 1. The summed E-state index contributed by atoms with van der Waals surface area (Å²) < 4.78 is 0. The lowest BCUT2D eigenvalue weighted by Gasteiger charge is -2.12. The summed E-state index contributed by atoms with van der Waals surface area (Å²) >= 11 is 1.47. The van der Waals surface area contributed by atoms with E-state index in [1.807, 2.05) is 24.5 Å². The third kappa shape index (κ3) is 6.42. The molecule has 0 heterocycles. The molecular formula is C17H27NO2S. The number of nitrogens with one attached hydrogen (secondary N) is 1. The Balaban J connectivity index is 2.40. The highest BCUT2D eigenvalue weighted by Crippen LogP contribution is 2.27. The van der Waals surface area contributed by atoms with Crippen molar-refractivity contribution in [2.75, 3.05) is 18.1 Å². The Kier molecular flexibility index (Phi) is 8.28. The van der Waals surface area contributed by atoms with E-state index in [-0.39, 0.29) is 0 Å². The van der Waals surface area contributed by atoms with Crippen LogP contribution < -0.4 is 5.32 Å². The summed E-state index contributed by atoms with van der Waals surface area (Å²) in [5.74, 6) is -0.0742. The van der Waals surface area contributed by atoms with Crippen LogP contribution in [0, 0.1) is 5.92 Å². The molecule has 118 valence electrons. The first-order valence-electron chi connectivity index (χ1n) is 7.70. The quantitative estimate of drug-likeness (QED) is 0.465. The number of thioether (sulfide) groups is 1. The molecule has 1 aromatic carbocycles. The van der Waals surface area contributed by atoms with Crippen molar-refractivity contribution in [3.8, 4) is 0 Å². The van der Waals surface area contributed by atoms with Gasteiger partial charge in [-0.1, -0.05) is 45.6 Å². The van der Waals surface area contributed by atoms with Crippen molar-refractivity contribution in [2.24, 2.45) is 5.92 Å². The molecule has 0 aromatic heterocycles. The molecule has 0 bridgehead atoms. The highest BCUT2D eigenvalue weighted by molar-refractivity contribution is 7.98. The lowest BCUT2D eigenvalue weighted by Crippen LogP contribution is -2.09. The number of benzene rings is 1. The minimum atomic E-state index is -0.862. The van der Waals surface area contributed by atoms with Crippen molar-refractivity contribution in [3.63, 3.8) is 0 Å². The molecule has 4 heteroatoms. The van der Waals surface area contributed by atoms with E-state index in [1.54, 1.807) is 0 Å². The van der Waals surface area contributed by atoms with Gasteiger partial charge in [-0.3, -0.25) is 0 Å². The number of hydrogen-bond acceptors (Lipinski definition) is 3. The topological polar surface area (TPSA) is 49.3 Å². The van der Waals surface area contributed by atoms with Crippen LogP contribution in [0.15, 0.2) is 23.1 Å². The van der Waals surface area contributed by atoms with Crippen LogP contribution in [-0.2, 0) is 0 Å². The third-order valence-corrected chi connectivity index (χ3v) is 4.26. The fourth-order valence-corrected chi connectivity index (χ4v) is 2.94. The second-order valence-electron chi connectivity index (χ2n) is 5.71. The van der Waals surface area contributed by atoms with Crippen molar-refractivity contribution < 1.29 is 9.90 Å². The fraction of sp³-hybridized carbons (Fsp3) is 0.588. The molecule has 0 saturated carbocycles. The number of unbranched alkanes of at least 4 members (excludes halogenated alkanes) is 3. The molecular weight excluding hydrogens is 282 g/mol. The number of carboxylic acid groups (broad SMARTS) is 1. The second kappa shape index (κ2) is 9.72.